The molecule has 0 aliphatic heterocycles. The van der Waals surface area contributed by atoms with Gasteiger partial charge in [0, 0.05) is 17.8 Å². The first-order valence-electron chi connectivity index (χ1n) is 7.15. The van der Waals surface area contributed by atoms with E-state index >= 15 is 0 Å². The van der Waals surface area contributed by atoms with Crippen molar-refractivity contribution in [2.45, 2.75) is 51.0 Å². The van der Waals surface area contributed by atoms with Gasteiger partial charge in [-0.3, -0.25) is 14.4 Å². The molecule has 1 heterocycles. The van der Waals surface area contributed by atoms with E-state index in [1.807, 2.05) is 0 Å². The minimum Gasteiger partial charge on any atom is -0.481 e. The highest BCUT2D eigenvalue weighted by atomic mass is 16.4. The van der Waals surface area contributed by atoms with E-state index in [1.165, 1.54) is 12.1 Å². The van der Waals surface area contributed by atoms with Crippen LogP contribution < -0.4 is 10.7 Å². The van der Waals surface area contributed by atoms with Crippen LogP contribution in [0.3, 0.4) is 0 Å². The molecule has 2 rings (SSSR count). The van der Waals surface area contributed by atoms with Crippen LogP contribution in [0.15, 0.2) is 16.9 Å². The van der Waals surface area contributed by atoms with Gasteiger partial charge in [-0.1, -0.05) is 19.3 Å². The molecule has 6 heteroatoms. The Morgan fingerprint density at radius 1 is 1.29 bits per heavy atom. The molecule has 0 aromatic carbocycles. The van der Waals surface area contributed by atoms with Gasteiger partial charge in [0.25, 0.3) is 5.91 Å². The summed E-state index contributed by atoms with van der Waals surface area (Å²) >= 11 is 0. The molecule has 0 saturated heterocycles. The smallest absolute Gasteiger partial charge is 0.305 e. The minimum atomic E-state index is -0.921. The number of carboxylic acids is 1. The van der Waals surface area contributed by atoms with E-state index in [1.54, 1.807) is 6.92 Å². The number of nitrogens with one attached hydrogen (secondary N) is 2. The van der Waals surface area contributed by atoms with Crippen molar-refractivity contribution in [3.05, 3.63) is 33.7 Å². The molecule has 0 spiro atoms. The number of hydrogen-bond acceptors (Lipinski definition) is 3. The minimum absolute atomic E-state index is 0.0885. The van der Waals surface area contributed by atoms with Crippen LogP contribution >= 0.6 is 0 Å². The highest BCUT2D eigenvalue weighted by Crippen LogP contribution is 2.31. The van der Waals surface area contributed by atoms with E-state index in [2.05, 4.69) is 10.3 Å². The average Bonchev–Trinajstić information content (AvgIpc) is 2.37. The summed E-state index contributed by atoms with van der Waals surface area (Å²) in [6.45, 7) is 1.70. The molecule has 0 atom stereocenters. The van der Waals surface area contributed by atoms with Gasteiger partial charge in [-0.25, -0.2) is 0 Å². The number of aromatic amines is 1. The molecule has 1 aromatic rings. The van der Waals surface area contributed by atoms with Crippen LogP contribution in [0.2, 0.25) is 0 Å². The van der Waals surface area contributed by atoms with Crippen molar-refractivity contribution < 1.29 is 14.7 Å². The SMILES string of the molecule is Cc1cc(=O)cc(C(=O)NC2(CC(=O)O)CCCCC2)[nH]1. The van der Waals surface area contributed by atoms with Gasteiger partial charge < -0.3 is 15.4 Å². The summed E-state index contributed by atoms with van der Waals surface area (Å²) in [4.78, 5) is 37.7. The predicted octanol–water partition coefficient (Wildman–Crippen LogP) is 1.59. The van der Waals surface area contributed by atoms with Gasteiger partial charge in [-0.2, -0.15) is 0 Å². The number of pyridine rings is 1. The highest BCUT2D eigenvalue weighted by Gasteiger charge is 2.36. The van der Waals surface area contributed by atoms with Crippen molar-refractivity contribution in [2.75, 3.05) is 0 Å². The predicted molar refractivity (Wildman–Crippen MR) is 77.3 cm³/mol. The first-order valence-corrected chi connectivity index (χ1v) is 7.15. The molecule has 0 unspecified atom stereocenters. The Labute approximate surface area is 122 Å². The molecule has 1 aliphatic carbocycles. The topological polar surface area (TPSA) is 99.3 Å². The monoisotopic (exact) mass is 292 g/mol. The van der Waals surface area contributed by atoms with Crippen LogP contribution in [-0.2, 0) is 4.79 Å². The number of aliphatic carboxylic acids is 1. The summed E-state index contributed by atoms with van der Waals surface area (Å²) in [5.41, 5.74) is -0.173. The molecule has 1 fully saturated rings. The fourth-order valence-corrected chi connectivity index (χ4v) is 2.98. The summed E-state index contributed by atoms with van der Waals surface area (Å²) in [6.07, 6.45) is 4.07. The largest absolute Gasteiger partial charge is 0.481 e. The number of aromatic nitrogens is 1. The molecule has 1 aliphatic rings. The molecule has 0 bridgehead atoms. The van der Waals surface area contributed by atoms with E-state index in [0.717, 1.165) is 19.3 Å². The number of carbonyl (C=O) groups excluding carboxylic acids is 1. The fraction of sp³-hybridized carbons (Fsp3) is 0.533. The first kappa shape index (κ1) is 15.3. The zero-order chi connectivity index (χ0) is 15.5. The normalized spacial score (nSPS) is 17.2. The van der Waals surface area contributed by atoms with Gasteiger partial charge in [0.2, 0.25) is 0 Å². The lowest BCUT2D eigenvalue weighted by atomic mass is 9.79. The first-order chi connectivity index (χ1) is 9.90. The number of H-pyrrole nitrogens is 1. The van der Waals surface area contributed by atoms with Crippen molar-refractivity contribution in [3.63, 3.8) is 0 Å². The lowest BCUT2D eigenvalue weighted by Crippen LogP contribution is -2.51. The number of aryl methyl sites for hydroxylation is 1. The number of rotatable bonds is 4. The summed E-state index contributed by atoms with van der Waals surface area (Å²) < 4.78 is 0. The Kier molecular flexibility index (Phi) is 4.45. The summed E-state index contributed by atoms with van der Waals surface area (Å²) in [6, 6.07) is 2.64. The van der Waals surface area contributed by atoms with E-state index in [9.17, 15) is 14.4 Å². The Hall–Kier alpha value is -2.11. The Balaban J connectivity index is 2.21. The van der Waals surface area contributed by atoms with Crippen LogP contribution in [0, 0.1) is 6.92 Å². The van der Waals surface area contributed by atoms with Crippen molar-refractivity contribution in [3.8, 4) is 0 Å². The third-order valence-electron chi connectivity index (χ3n) is 3.90. The molecular weight excluding hydrogens is 272 g/mol. The maximum atomic E-state index is 12.3. The number of hydrogen-bond donors (Lipinski definition) is 3. The Morgan fingerprint density at radius 2 is 1.95 bits per heavy atom. The molecule has 1 saturated carbocycles. The van der Waals surface area contributed by atoms with Crippen LogP contribution in [0.25, 0.3) is 0 Å². The number of amides is 1. The maximum Gasteiger partial charge on any atom is 0.305 e. The van der Waals surface area contributed by atoms with E-state index in [4.69, 9.17) is 5.11 Å². The standard InChI is InChI=1S/C15H20N2O4/c1-10-7-11(18)8-12(16-10)14(21)17-15(9-13(19)20)5-3-2-4-6-15/h7-8H,2-6,9H2,1H3,(H,16,18)(H,17,21)(H,19,20). The third kappa shape index (κ3) is 3.93. The van der Waals surface area contributed by atoms with Gasteiger partial charge in [0.05, 0.1) is 12.0 Å². The van der Waals surface area contributed by atoms with Crippen LogP contribution in [-0.4, -0.2) is 27.5 Å². The molecule has 21 heavy (non-hydrogen) atoms. The van der Waals surface area contributed by atoms with Crippen molar-refractivity contribution in [2.24, 2.45) is 0 Å². The van der Waals surface area contributed by atoms with Gasteiger partial charge in [-0.05, 0) is 19.8 Å². The quantitative estimate of drug-likeness (QED) is 0.784. The van der Waals surface area contributed by atoms with Gasteiger partial charge in [0.15, 0.2) is 5.43 Å². The van der Waals surface area contributed by atoms with E-state index in [-0.39, 0.29) is 17.5 Å². The van der Waals surface area contributed by atoms with Crippen LogP contribution in [0.1, 0.15) is 54.7 Å². The number of carboxylic acid groups (broad SMARTS) is 1. The maximum absolute atomic E-state index is 12.3. The Morgan fingerprint density at radius 3 is 2.52 bits per heavy atom. The van der Waals surface area contributed by atoms with Crippen molar-refractivity contribution in [1.82, 2.24) is 10.3 Å². The number of carbonyl (C=O) groups is 2. The second kappa shape index (κ2) is 6.11. The summed E-state index contributed by atoms with van der Waals surface area (Å²) in [7, 11) is 0. The summed E-state index contributed by atoms with van der Waals surface area (Å²) in [5.74, 6) is -1.34. The third-order valence-corrected chi connectivity index (χ3v) is 3.90. The molecule has 114 valence electrons. The van der Waals surface area contributed by atoms with E-state index in [0.29, 0.717) is 18.5 Å². The van der Waals surface area contributed by atoms with Crippen LogP contribution in [0.4, 0.5) is 0 Å². The molecule has 1 aromatic heterocycles. The second-order valence-electron chi connectivity index (χ2n) is 5.78. The van der Waals surface area contributed by atoms with Crippen molar-refractivity contribution in [1.29, 1.82) is 0 Å². The van der Waals surface area contributed by atoms with Gasteiger partial charge >= 0.3 is 5.97 Å². The van der Waals surface area contributed by atoms with E-state index < -0.39 is 17.4 Å². The fourth-order valence-electron chi connectivity index (χ4n) is 2.98. The molecule has 1 amide bonds. The molecule has 6 nitrogen and oxygen atoms in total. The van der Waals surface area contributed by atoms with Crippen LogP contribution in [0.5, 0.6) is 0 Å². The lowest BCUT2D eigenvalue weighted by molar-refractivity contribution is -0.139. The van der Waals surface area contributed by atoms with Crippen molar-refractivity contribution >= 4 is 11.9 Å². The summed E-state index contributed by atoms with van der Waals surface area (Å²) in [5, 5.41) is 11.9. The molecule has 0 radical (unpaired) electrons. The average molecular weight is 292 g/mol. The van der Waals surface area contributed by atoms with Gasteiger partial charge in [-0.15, -0.1) is 0 Å². The molecular formula is C15H20N2O4. The Bertz CT molecular complexity index is 600. The zero-order valence-electron chi connectivity index (χ0n) is 12.1. The zero-order valence-corrected chi connectivity index (χ0v) is 12.1. The second-order valence-corrected chi connectivity index (χ2v) is 5.78. The highest BCUT2D eigenvalue weighted by molar-refractivity contribution is 5.93. The van der Waals surface area contributed by atoms with Gasteiger partial charge in [0.1, 0.15) is 5.69 Å². The molecule has 3 N–H and O–H groups in total. The lowest BCUT2D eigenvalue weighted by Gasteiger charge is -2.37.